The van der Waals surface area contributed by atoms with Crippen LogP contribution in [0.25, 0.3) is 0 Å². The highest BCUT2D eigenvalue weighted by Crippen LogP contribution is 2.11. The highest BCUT2D eigenvalue weighted by molar-refractivity contribution is 7.98. The molecule has 0 aliphatic heterocycles. The van der Waals surface area contributed by atoms with Crippen molar-refractivity contribution in [2.24, 2.45) is 0 Å². The van der Waals surface area contributed by atoms with Gasteiger partial charge in [-0.3, -0.25) is 4.79 Å². The minimum absolute atomic E-state index is 0.513. The molecule has 4 heteroatoms. The van der Waals surface area contributed by atoms with Crippen molar-refractivity contribution in [3.8, 4) is 0 Å². The molecule has 0 radical (unpaired) electrons. The van der Waals surface area contributed by atoms with Gasteiger partial charge in [0.15, 0.2) is 0 Å². The molecule has 22 heavy (non-hydrogen) atoms. The fraction of sp³-hybridized carbons (Fsp3) is 0.278. The third-order valence-electron chi connectivity index (χ3n) is 3.33. The van der Waals surface area contributed by atoms with E-state index in [4.69, 9.17) is 0 Å². The lowest BCUT2D eigenvalue weighted by Crippen LogP contribution is -2.39. The van der Waals surface area contributed by atoms with Gasteiger partial charge in [-0.1, -0.05) is 60.7 Å². The van der Waals surface area contributed by atoms with Crippen molar-refractivity contribution >= 4 is 17.7 Å². The van der Waals surface area contributed by atoms with Gasteiger partial charge < -0.3 is 10.4 Å². The Hall–Kier alpha value is -1.78. The van der Waals surface area contributed by atoms with Crippen LogP contribution in [0.15, 0.2) is 60.7 Å². The molecule has 0 bridgehead atoms. The van der Waals surface area contributed by atoms with Crippen LogP contribution in [0, 0.1) is 0 Å². The van der Waals surface area contributed by atoms with Crippen LogP contribution < -0.4 is 5.32 Å². The summed E-state index contributed by atoms with van der Waals surface area (Å²) in [5.41, 5.74) is 2.34. The minimum Gasteiger partial charge on any atom is -0.480 e. The van der Waals surface area contributed by atoms with E-state index in [9.17, 15) is 9.90 Å². The van der Waals surface area contributed by atoms with E-state index in [1.807, 2.05) is 60.3 Å². The fourth-order valence-corrected chi connectivity index (χ4v) is 3.00. The molecule has 0 fully saturated rings. The Labute approximate surface area is 135 Å². The van der Waals surface area contributed by atoms with Crippen molar-refractivity contribution in [3.63, 3.8) is 0 Å². The molecule has 3 nitrogen and oxygen atoms in total. The molecule has 0 spiro atoms. The van der Waals surface area contributed by atoms with Crippen molar-refractivity contribution < 1.29 is 9.90 Å². The summed E-state index contributed by atoms with van der Waals surface area (Å²) < 4.78 is 0. The maximum atomic E-state index is 11.3. The van der Waals surface area contributed by atoms with Crippen LogP contribution in [0.4, 0.5) is 0 Å². The van der Waals surface area contributed by atoms with E-state index in [0.717, 1.165) is 17.1 Å². The van der Waals surface area contributed by atoms with Gasteiger partial charge in [-0.15, -0.1) is 0 Å². The maximum Gasteiger partial charge on any atom is 0.321 e. The first-order chi connectivity index (χ1) is 10.8. The van der Waals surface area contributed by atoms with Crippen LogP contribution in [0.2, 0.25) is 0 Å². The van der Waals surface area contributed by atoms with Gasteiger partial charge in [0.25, 0.3) is 0 Å². The van der Waals surface area contributed by atoms with Crippen LogP contribution in [0.1, 0.15) is 11.1 Å². The lowest BCUT2D eigenvalue weighted by molar-refractivity contribution is -0.139. The van der Waals surface area contributed by atoms with Crippen LogP contribution in [0.5, 0.6) is 0 Å². The zero-order valence-corrected chi connectivity index (χ0v) is 13.3. The largest absolute Gasteiger partial charge is 0.480 e. The summed E-state index contributed by atoms with van der Waals surface area (Å²) in [6, 6.07) is 19.5. The molecule has 0 unspecified atom stereocenters. The molecular formula is C18H21NO2S. The second kappa shape index (κ2) is 9.28. The summed E-state index contributed by atoms with van der Waals surface area (Å²) in [6.45, 7) is 0.696. The highest BCUT2D eigenvalue weighted by Gasteiger charge is 2.16. The number of aliphatic carboxylic acids is 1. The van der Waals surface area contributed by atoms with E-state index in [1.54, 1.807) is 0 Å². The minimum atomic E-state index is -0.795. The Morgan fingerprint density at radius 2 is 1.59 bits per heavy atom. The van der Waals surface area contributed by atoms with Gasteiger partial charge in [0.1, 0.15) is 6.04 Å². The van der Waals surface area contributed by atoms with Crippen LogP contribution >= 0.6 is 11.8 Å². The van der Waals surface area contributed by atoms with Crippen LogP contribution in [0.3, 0.4) is 0 Å². The molecule has 0 amide bonds. The Kier molecular flexibility index (Phi) is 7.00. The van der Waals surface area contributed by atoms with Gasteiger partial charge in [-0.05, 0) is 17.5 Å². The predicted octanol–water partition coefficient (Wildman–Crippen LogP) is 3.21. The molecule has 2 rings (SSSR count). The number of rotatable bonds is 9. The molecule has 2 aromatic rings. The maximum absolute atomic E-state index is 11.3. The zero-order chi connectivity index (χ0) is 15.6. The van der Waals surface area contributed by atoms with Gasteiger partial charge in [0.2, 0.25) is 0 Å². The number of hydrogen-bond donors (Lipinski definition) is 2. The summed E-state index contributed by atoms with van der Waals surface area (Å²) in [4.78, 5) is 11.3. The van der Waals surface area contributed by atoms with E-state index in [2.05, 4.69) is 17.4 Å². The monoisotopic (exact) mass is 315 g/mol. The number of carbonyl (C=O) groups is 1. The summed E-state index contributed by atoms with van der Waals surface area (Å²) in [7, 11) is 0. The fourth-order valence-electron chi connectivity index (χ4n) is 2.17. The normalized spacial score (nSPS) is 12.0. The summed E-state index contributed by atoms with van der Waals surface area (Å²) in [6.07, 6.45) is 0.513. The summed E-state index contributed by atoms with van der Waals surface area (Å²) in [5, 5.41) is 12.4. The topological polar surface area (TPSA) is 49.3 Å². The van der Waals surface area contributed by atoms with Crippen LogP contribution in [-0.2, 0) is 17.0 Å². The first-order valence-electron chi connectivity index (χ1n) is 7.37. The summed E-state index contributed by atoms with van der Waals surface area (Å²) in [5.74, 6) is 1.06. The zero-order valence-electron chi connectivity index (χ0n) is 12.4. The van der Waals surface area contributed by atoms with Gasteiger partial charge in [-0.2, -0.15) is 11.8 Å². The standard InChI is InChI=1S/C18H21NO2S/c20-18(21)17(13-15-7-3-1-4-8-15)19-11-12-22-14-16-9-5-2-6-10-16/h1-10,17,19H,11-14H2,(H,20,21)/t17-/m0/s1. The van der Waals surface area contributed by atoms with E-state index in [-0.39, 0.29) is 0 Å². The Morgan fingerprint density at radius 1 is 1.00 bits per heavy atom. The van der Waals surface area contributed by atoms with E-state index in [0.29, 0.717) is 13.0 Å². The number of hydrogen-bond acceptors (Lipinski definition) is 3. The lowest BCUT2D eigenvalue weighted by atomic mass is 10.1. The smallest absolute Gasteiger partial charge is 0.321 e. The molecule has 2 N–H and O–H groups in total. The van der Waals surface area contributed by atoms with E-state index >= 15 is 0 Å². The molecular weight excluding hydrogens is 294 g/mol. The lowest BCUT2D eigenvalue weighted by Gasteiger charge is -2.14. The average Bonchev–Trinajstić information content (AvgIpc) is 2.55. The number of nitrogens with one attached hydrogen (secondary N) is 1. The second-order valence-electron chi connectivity index (χ2n) is 5.07. The van der Waals surface area contributed by atoms with E-state index < -0.39 is 12.0 Å². The molecule has 0 heterocycles. The molecule has 0 aromatic heterocycles. The Morgan fingerprint density at radius 3 is 2.18 bits per heavy atom. The van der Waals surface area contributed by atoms with Crippen molar-refractivity contribution in [3.05, 3.63) is 71.8 Å². The van der Waals surface area contributed by atoms with E-state index in [1.165, 1.54) is 5.56 Å². The average molecular weight is 315 g/mol. The summed E-state index contributed by atoms with van der Waals surface area (Å²) >= 11 is 1.81. The van der Waals surface area contributed by atoms with Crippen LogP contribution in [-0.4, -0.2) is 29.4 Å². The highest BCUT2D eigenvalue weighted by atomic mass is 32.2. The first-order valence-corrected chi connectivity index (χ1v) is 8.53. The van der Waals surface area contributed by atoms with Gasteiger partial charge in [0.05, 0.1) is 0 Å². The molecule has 116 valence electrons. The molecule has 0 saturated heterocycles. The van der Waals surface area contributed by atoms with Gasteiger partial charge >= 0.3 is 5.97 Å². The van der Waals surface area contributed by atoms with Crippen molar-refractivity contribution in [1.29, 1.82) is 0 Å². The second-order valence-corrected chi connectivity index (χ2v) is 6.18. The van der Waals surface area contributed by atoms with Crippen molar-refractivity contribution in [2.75, 3.05) is 12.3 Å². The number of benzene rings is 2. The number of thioether (sulfide) groups is 1. The SMILES string of the molecule is O=C(O)[C@H](Cc1ccccc1)NCCSCc1ccccc1. The Balaban J connectivity index is 1.70. The Bertz CT molecular complexity index is 560. The third kappa shape index (κ3) is 5.92. The predicted molar refractivity (Wildman–Crippen MR) is 92.2 cm³/mol. The van der Waals surface area contributed by atoms with Gasteiger partial charge in [0, 0.05) is 18.1 Å². The molecule has 0 aliphatic carbocycles. The third-order valence-corrected chi connectivity index (χ3v) is 4.36. The first kappa shape index (κ1) is 16.6. The molecule has 0 saturated carbocycles. The molecule has 0 aliphatic rings. The van der Waals surface area contributed by atoms with Gasteiger partial charge in [-0.25, -0.2) is 0 Å². The van der Waals surface area contributed by atoms with Crippen molar-refractivity contribution in [1.82, 2.24) is 5.32 Å². The van der Waals surface area contributed by atoms with Crippen molar-refractivity contribution in [2.45, 2.75) is 18.2 Å². The quantitative estimate of drug-likeness (QED) is 0.698. The number of carboxylic acids is 1. The molecule has 2 aromatic carbocycles. The molecule has 1 atom stereocenters. The number of carboxylic acid groups (broad SMARTS) is 1.